The molecule has 28 heavy (non-hydrogen) atoms. The van der Waals surface area contributed by atoms with E-state index in [1.807, 2.05) is 6.07 Å². The molecule has 2 heterocycles. The Morgan fingerprint density at radius 1 is 1.04 bits per heavy atom. The SMILES string of the molecule is O=C1C(=O)N(CN2CCC(Cc3ccccc3)CC2)c2ccc([N+](=O)[O-])cc21. The van der Waals surface area contributed by atoms with Crippen LogP contribution in [0.5, 0.6) is 0 Å². The summed E-state index contributed by atoms with van der Waals surface area (Å²) in [4.78, 5) is 38.6. The standard InChI is InChI=1S/C21H21N3O4/c25-20-18-13-17(24(27)28)6-7-19(18)23(21(20)26)14-22-10-8-16(9-11-22)12-15-4-2-1-3-5-15/h1-7,13,16H,8-12,14H2. The van der Waals surface area contributed by atoms with Crippen LogP contribution in [0.15, 0.2) is 48.5 Å². The molecule has 0 radical (unpaired) electrons. The fourth-order valence-electron chi connectivity index (χ4n) is 4.02. The normalized spacial score (nSPS) is 17.8. The number of amides is 1. The third kappa shape index (κ3) is 3.53. The molecule has 0 bridgehead atoms. The van der Waals surface area contributed by atoms with Gasteiger partial charge in [0.25, 0.3) is 11.5 Å². The number of carbonyl (C=O) groups is 2. The van der Waals surface area contributed by atoms with E-state index in [1.54, 1.807) is 0 Å². The summed E-state index contributed by atoms with van der Waals surface area (Å²) in [6.07, 6.45) is 3.14. The first-order valence-corrected chi connectivity index (χ1v) is 9.44. The van der Waals surface area contributed by atoms with E-state index in [0.717, 1.165) is 32.4 Å². The summed E-state index contributed by atoms with van der Waals surface area (Å²) >= 11 is 0. The van der Waals surface area contributed by atoms with Crippen LogP contribution < -0.4 is 4.90 Å². The highest BCUT2D eigenvalue weighted by atomic mass is 16.6. The van der Waals surface area contributed by atoms with Gasteiger partial charge in [-0.15, -0.1) is 0 Å². The second-order valence-electron chi connectivity index (χ2n) is 7.41. The van der Waals surface area contributed by atoms with Crippen LogP contribution in [0.3, 0.4) is 0 Å². The van der Waals surface area contributed by atoms with Gasteiger partial charge in [-0.05, 0) is 36.8 Å². The molecule has 1 saturated heterocycles. The van der Waals surface area contributed by atoms with E-state index in [-0.39, 0.29) is 11.3 Å². The van der Waals surface area contributed by atoms with E-state index in [4.69, 9.17) is 0 Å². The van der Waals surface area contributed by atoms with E-state index < -0.39 is 16.6 Å². The predicted molar refractivity (Wildman–Crippen MR) is 104 cm³/mol. The van der Waals surface area contributed by atoms with Crippen LogP contribution in [0.1, 0.15) is 28.8 Å². The van der Waals surface area contributed by atoms with Gasteiger partial charge in [0.2, 0.25) is 0 Å². The highest BCUT2D eigenvalue weighted by Gasteiger charge is 2.38. The Morgan fingerprint density at radius 3 is 2.43 bits per heavy atom. The third-order valence-electron chi connectivity index (χ3n) is 5.58. The van der Waals surface area contributed by atoms with Crippen LogP contribution in [0, 0.1) is 16.0 Å². The molecule has 0 atom stereocenters. The van der Waals surface area contributed by atoms with Crippen molar-refractivity contribution in [2.24, 2.45) is 5.92 Å². The minimum absolute atomic E-state index is 0.123. The second-order valence-corrected chi connectivity index (χ2v) is 7.41. The summed E-state index contributed by atoms with van der Waals surface area (Å²) in [6.45, 7) is 2.06. The number of benzene rings is 2. The minimum atomic E-state index is -0.669. The lowest BCUT2D eigenvalue weighted by Gasteiger charge is -2.34. The van der Waals surface area contributed by atoms with Crippen LogP contribution in [-0.2, 0) is 11.2 Å². The average molecular weight is 379 g/mol. The molecule has 4 rings (SSSR count). The van der Waals surface area contributed by atoms with Crippen molar-refractivity contribution in [3.8, 4) is 0 Å². The Morgan fingerprint density at radius 2 is 1.75 bits per heavy atom. The van der Waals surface area contributed by atoms with Gasteiger partial charge in [0.1, 0.15) is 0 Å². The lowest BCUT2D eigenvalue weighted by atomic mass is 9.90. The Kier molecular flexibility index (Phi) is 4.92. The number of rotatable bonds is 5. The quantitative estimate of drug-likeness (QED) is 0.453. The summed E-state index contributed by atoms with van der Waals surface area (Å²) in [7, 11) is 0. The summed E-state index contributed by atoms with van der Waals surface area (Å²) in [5.74, 6) is -0.663. The Balaban J connectivity index is 1.40. The van der Waals surface area contributed by atoms with Gasteiger partial charge in [-0.25, -0.2) is 0 Å². The summed E-state index contributed by atoms with van der Waals surface area (Å²) < 4.78 is 0. The molecule has 0 aliphatic carbocycles. The first-order valence-electron chi connectivity index (χ1n) is 9.44. The topological polar surface area (TPSA) is 83.8 Å². The number of nitrogens with zero attached hydrogens (tertiary/aromatic N) is 3. The molecule has 1 amide bonds. The first kappa shape index (κ1) is 18.3. The van der Waals surface area contributed by atoms with Crippen molar-refractivity contribution in [2.75, 3.05) is 24.7 Å². The van der Waals surface area contributed by atoms with Crippen LogP contribution >= 0.6 is 0 Å². The Bertz CT molecular complexity index is 921. The molecule has 0 spiro atoms. The van der Waals surface area contributed by atoms with Crippen molar-refractivity contribution < 1.29 is 14.5 Å². The van der Waals surface area contributed by atoms with E-state index in [0.29, 0.717) is 18.3 Å². The molecule has 2 aromatic rings. The maximum atomic E-state index is 12.4. The van der Waals surface area contributed by atoms with Crippen LogP contribution in [-0.4, -0.2) is 41.3 Å². The summed E-state index contributed by atoms with van der Waals surface area (Å²) in [5, 5.41) is 10.9. The summed E-state index contributed by atoms with van der Waals surface area (Å²) in [6, 6.07) is 14.5. The van der Waals surface area contributed by atoms with Crippen molar-refractivity contribution >= 4 is 23.1 Å². The van der Waals surface area contributed by atoms with Crippen molar-refractivity contribution in [1.82, 2.24) is 4.90 Å². The lowest BCUT2D eigenvalue weighted by Crippen LogP contribution is -2.44. The molecular formula is C21H21N3O4. The highest BCUT2D eigenvalue weighted by Crippen LogP contribution is 2.32. The van der Waals surface area contributed by atoms with Gasteiger partial charge in [0.05, 0.1) is 22.8 Å². The van der Waals surface area contributed by atoms with Crippen molar-refractivity contribution in [1.29, 1.82) is 0 Å². The molecule has 144 valence electrons. The average Bonchev–Trinajstić information content (AvgIpc) is 2.94. The van der Waals surface area contributed by atoms with Gasteiger partial charge < -0.3 is 0 Å². The van der Waals surface area contributed by atoms with Crippen molar-refractivity contribution in [3.05, 3.63) is 69.8 Å². The van der Waals surface area contributed by atoms with Crippen molar-refractivity contribution in [3.63, 3.8) is 0 Å². The number of hydrogen-bond acceptors (Lipinski definition) is 5. The van der Waals surface area contributed by atoms with E-state index in [1.165, 1.54) is 28.7 Å². The Labute approximate surface area is 162 Å². The Hall–Kier alpha value is -3.06. The number of nitro groups is 1. The number of non-ortho nitro benzene ring substituents is 1. The molecule has 0 saturated carbocycles. The van der Waals surface area contributed by atoms with Crippen LogP contribution in [0.25, 0.3) is 0 Å². The van der Waals surface area contributed by atoms with Gasteiger partial charge in [0, 0.05) is 25.2 Å². The van der Waals surface area contributed by atoms with Crippen LogP contribution in [0.4, 0.5) is 11.4 Å². The number of likely N-dealkylation sites (tertiary alicyclic amines) is 1. The molecule has 0 unspecified atom stereocenters. The molecule has 1 fully saturated rings. The number of fused-ring (bicyclic) bond motifs is 1. The summed E-state index contributed by atoms with van der Waals surface area (Å²) in [5.41, 5.74) is 1.76. The zero-order chi connectivity index (χ0) is 19.7. The van der Waals surface area contributed by atoms with Gasteiger partial charge in [0.15, 0.2) is 0 Å². The highest BCUT2D eigenvalue weighted by molar-refractivity contribution is 6.52. The molecule has 2 aliphatic heterocycles. The zero-order valence-corrected chi connectivity index (χ0v) is 15.4. The molecule has 2 aliphatic rings. The van der Waals surface area contributed by atoms with E-state index in [9.17, 15) is 19.7 Å². The smallest absolute Gasteiger partial charge is 0.291 e. The molecular weight excluding hydrogens is 358 g/mol. The monoisotopic (exact) mass is 379 g/mol. The number of ketones is 1. The molecule has 2 aromatic carbocycles. The van der Waals surface area contributed by atoms with Gasteiger partial charge >= 0.3 is 5.91 Å². The minimum Gasteiger partial charge on any atom is -0.291 e. The van der Waals surface area contributed by atoms with Gasteiger partial charge in [-0.3, -0.25) is 29.5 Å². The fourth-order valence-corrected chi connectivity index (χ4v) is 4.02. The maximum Gasteiger partial charge on any atom is 0.300 e. The zero-order valence-electron chi connectivity index (χ0n) is 15.4. The van der Waals surface area contributed by atoms with E-state index >= 15 is 0 Å². The molecule has 7 heteroatoms. The fraction of sp³-hybridized carbons (Fsp3) is 0.333. The molecule has 0 aromatic heterocycles. The predicted octanol–water partition coefficient (Wildman–Crippen LogP) is 3.04. The van der Waals surface area contributed by atoms with Gasteiger partial charge in [-0.1, -0.05) is 30.3 Å². The lowest BCUT2D eigenvalue weighted by molar-refractivity contribution is -0.384. The number of anilines is 1. The molecule has 0 N–H and O–H groups in total. The first-order chi connectivity index (χ1) is 13.5. The van der Waals surface area contributed by atoms with E-state index in [2.05, 4.69) is 29.2 Å². The third-order valence-corrected chi connectivity index (χ3v) is 5.58. The number of hydrogen-bond donors (Lipinski definition) is 0. The largest absolute Gasteiger partial charge is 0.300 e. The number of carbonyl (C=O) groups excluding carboxylic acids is 2. The van der Waals surface area contributed by atoms with Crippen LogP contribution in [0.2, 0.25) is 0 Å². The van der Waals surface area contributed by atoms with Crippen molar-refractivity contribution in [2.45, 2.75) is 19.3 Å². The maximum absolute atomic E-state index is 12.4. The number of nitro benzene ring substituents is 1. The molecule has 7 nitrogen and oxygen atoms in total. The van der Waals surface area contributed by atoms with Gasteiger partial charge in [-0.2, -0.15) is 0 Å². The second kappa shape index (κ2) is 7.52. The number of Topliss-reactive ketones (excluding diaryl/α,β-unsaturated/α-hetero) is 1. The number of piperidine rings is 1.